The summed E-state index contributed by atoms with van der Waals surface area (Å²) in [5, 5.41) is 2.76. The molecule has 120 valence electrons. The highest BCUT2D eigenvalue weighted by Crippen LogP contribution is 2.09. The van der Waals surface area contributed by atoms with E-state index in [1.165, 1.54) is 0 Å². The molecule has 23 heavy (non-hydrogen) atoms. The standard InChI is InChI=1S/C19H21NO3/c1-15-7-9-17(10-8-15)20-18(21)11-12-19(22)23-14-13-16-5-3-2-4-6-16/h2-10H,11-14H2,1H3,(H,20,21). The van der Waals surface area contributed by atoms with Crippen LogP contribution in [0.4, 0.5) is 5.69 Å². The van der Waals surface area contributed by atoms with Crippen LogP contribution in [0.15, 0.2) is 54.6 Å². The lowest BCUT2D eigenvalue weighted by Crippen LogP contribution is -2.15. The minimum absolute atomic E-state index is 0.0898. The lowest BCUT2D eigenvalue weighted by molar-refractivity contribution is -0.144. The Labute approximate surface area is 136 Å². The van der Waals surface area contributed by atoms with E-state index < -0.39 is 0 Å². The normalized spacial score (nSPS) is 10.1. The van der Waals surface area contributed by atoms with Crippen molar-refractivity contribution in [1.29, 1.82) is 0 Å². The zero-order chi connectivity index (χ0) is 16.5. The molecule has 0 aliphatic rings. The van der Waals surface area contributed by atoms with E-state index in [2.05, 4.69) is 5.32 Å². The van der Waals surface area contributed by atoms with Gasteiger partial charge in [-0.25, -0.2) is 0 Å². The van der Waals surface area contributed by atoms with Crippen molar-refractivity contribution in [2.45, 2.75) is 26.2 Å². The van der Waals surface area contributed by atoms with Crippen LogP contribution in [0.25, 0.3) is 0 Å². The molecule has 0 bridgehead atoms. The molecule has 0 fully saturated rings. The van der Waals surface area contributed by atoms with Crippen molar-refractivity contribution < 1.29 is 14.3 Å². The number of nitrogens with one attached hydrogen (secondary N) is 1. The Kier molecular flexibility index (Phi) is 6.36. The predicted octanol–water partition coefficient (Wildman–Crippen LogP) is 3.50. The van der Waals surface area contributed by atoms with Gasteiger partial charge in [0.1, 0.15) is 0 Å². The maximum absolute atomic E-state index is 11.8. The molecule has 1 N–H and O–H groups in total. The summed E-state index contributed by atoms with van der Waals surface area (Å²) in [4.78, 5) is 23.4. The number of aryl methyl sites for hydroxylation is 1. The summed E-state index contributed by atoms with van der Waals surface area (Å²) in [5.41, 5.74) is 2.99. The molecule has 0 heterocycles. The fourth-order valence-electron chi connectivity index (χ4n) is 2.08. The molecule has 0 saturated heterocycles. The van der Waals surface area contributed by atoms with Crippen molar-refractivity contribution >= 4 is 17.6 Å². The number of anilines is 1. The van der Waals surface area contributed by atoms with Gasteiger partial charge in [0.25, 0.3) is 0 Å². The van der Waals surface area contributed by atoms with Crippen LogP contribution in [0.2, 0.25) is 0 Å². The molecule has 1 amide bonds. The maximum Gasteiger partial charge on any atom is 0.306 e. The number of esters is 1. The Morgan fingerprint density at radius 1 is 0.957 bits per heavy atom. The molecule has 2 aromatic rings. The molecule has 0 aliphatic heterocycles. The third-order valence-corrected chi connectivity index (χ3v) is 3.39. The first-order valence-corrected chi connectivity index (χ1v) is 7.69. The summed E-state index contributed by atoms with van der Waals surface area (Å²) in [5.74, 6) is -0.533. The number of hydrogen-bond acceptors (Lipinski definition) is 3. The monoisotopic (exact) mass is 311 g/mol. The van der Waals surface area contributed by atoms with Gasteiger partial charge in [-0.2, -0.15) is 0 Å². The van der Waals surface area contributed by atoms with Gasteiger partial charge in [-0.1, -0.05) is 48.0 Å². The van der Waals surface area contributed by atoms with E-state index >= 15 is 0 Å². The van der Waals surface area contributed by atoms with Crippen LogP contribution in [-0.2, 0) is 20.7 Å². The number of amides is 1. The Hall–Kier alpha value is -2.62. The quantitative estimate of drug-likeness (QED) is 0.796. The van der Waals surface area contributed by atoms with Crippen LogP contribution in [0.1, 0.15) is 24.0 Å². The van der Waals surface area contributed by atoms with Crippen LogP contribution >= 0.6 is 0 Å². The van der Waals surface area contributed by atoms with E-state index in [1.54, 1.807) is 0 Å². The molecular formula is C19H21NO3. The second kappa shape index (κ2) is 8.73. The van der Waals surface area contributed by atoms with E-state index in [0.717, 1.165) is 16.8 Å². The van der Waals surface area contributed by atoms with Crippen molar-refractivity contribution in [2.75, 3.05) is 11.9 Å². The van der Waals surface area contributed by atoms with Gasteiger partial charge in [0.2, 0.25) is 5.91 Å². The van der Waals surface area contributed by atoms with Crippen LogP contribution in [-0.4, -0.2) is 18.5 Å². The number of carbonyl (C=O) groups excluding carboxylic acids is 2. The molecule has 0 atom stereocenters. The number of benzene rings is 2. The van der Waals surface area contributed by atoms with Gasteiger partial charge in [0.15, 0.2) is 0 Å². The highest BCUT2D eigenvalue weighted by atomic mass is 16.5. The van der Waals surface area contributed by atoms with Crippen molar-refractivity contribution in [3.63, 3.8) is 0 Å². The molecule has 0 spiro atoms. The fourth-order valence-corrected chi connectivity index (χ4v) is 2.08. The van der Waals surface area contributed by atoms with Crippen molar-refractivity contribution in [3.8, 4) is 0 Å². The Balaban J connectivity index is 1.63. The fraction of sp³-hybridized carbons (Fsp3) is 0.263. The van der Waals surface area contributed by atoms with Crippen molar-refractivity contribution in [3.05, 3.63) is 65.7 Å². The molecule has 4 nitrogen and oxygen atoms in total. The van der Waals surface area contributed by atoms with Gasteiger partial charge >= 0.3 is 5.97 Å². The number of hydrogen-bond donors (Lipinski definition) is 1. The van der Waals surface area contributed by atoms with E-state index in [9.17, 15) is 9.59 Å². The average molecular weight is 311 g/mol. The van der Waals surface area contributed by atoms with E-state index in [-0.39, 0.29) is 24.7 Å². The van der Waals surface area contributed by atoms with Gasteiger partial charge in [-0.05, 0) is 24.6 Å². The van der Waals surface area contributed by atoms with Gasteiger partial charge in [-0.15, -0.1) is 0 Å². The summed E-state index contributed by atoms with van der Waals surface area (Å²) < 4.78 is 5.14. The highest BCUT2D eigenvalue weighted by Gasteiger charge is 2.08. The summed E-state index contributed by atoms with van der Waals surface area (Å²) in [6, 6.07) is 17.4. The minimum Gasteiger partial charge on any atom is -0.465 e. The van der Waals surface area contributed by atoms with Crippen LogP contribution in [0.3, 0.4) is 0 Å². The zero-order valence-electron chi connectivity index (χ0n) is 13.2. The number of rotatable bonds is 7. The summed E-state index contributed by atoms with van der Waals surface area (Å²) in [6.07, 6.45) is 0.896. The molecule has 4 heteroatoms. The third-order valence-electron chi connectivity index (χ3n) is 3.39. The molecule has 0 aromatic heterocycles. The topological polar surface area (TPSA) is 55.4 Å². The second-order valence-electron chi connectivity index (χ2n) is 5.37. The van der Waals surface area contributed by atoms with Gasteiger partial charge < -0.3 is 10.1 Å². The number of ether oxygens (including phenoxy) is 1. The van der Waals surface area contributed by atoms with Crippen molar-refractivity contribution in [1.82, 2.24) is 0 Å². The molecular weight excluding hydrogens is 290 g/mol. The van der Waals surface area contributed by atoms with Crippen LogP contribution in [0, 0.1) is 6.92 Å². The molecule has 0 aliphatic carbocycles. The Bertz CT molecular complexity index is 635. The lowest BCUT2D eigenvalue weighted by atomic mass is 10.2. The smallest absolute Gasteiger partial charge is 0.306 e. The van der Waals surface area contributed by atoms with Gasteiger partial charge in [0, 0.05) is 18.5 Å². The van der Waals surface area contributed by atoms with Crippen molar-refractivity contribution in [2.24, 2.45) is 0 Å². The second-order valence-corrected chi connectivity index (χ2v) is 5.37. The largest absolute Gasteiger partial charge is 0.465 e. The van der Waals surface area contributed by atoms with Gasteiger partial charge in [-0.3, -0.25) is 9.59 Å². The molecule has 0 saturated carbocycles. The predicted molar refractivity (Wildman–Crippen MR) is 90.1 cm³/mol. The minimum atomic E-state index is -0.347. The first-order chi connectivity index (χ1) is 11.1. The lowest BCUT2D eigenvalue weighted by Gasteiger charge is -2.06. The first kappa shape index (κ1) is 16.7. The van der Waals surface area contributed by atoms with Gasteiger partial charge in [0.05, 0.1) is 13.0 Å². The molecule has 0 unspecified atom stereocenters. The highest BCUT2D eigenvalue weighted by molar-refractivity contribution is 5.92. The first-order valence-electron chi connectivity index (χ1n) is 7.69. The molecule has 2 aromatic carbocycles. The average Bonchev–Trinajstić information content (AvgIpc) is 2.56. The third kappa shape index (κ3) is 6.34. The molecule has 2 rings (SSSR count). The summed E-state index contributed by atoms with van der Waals surface area (Å²) in [7, 11) is 0. The van der Waals surface area contributed by atoms with E-state index in [4.69, 9.17) is 4.74 Å². The Morgan fingerprint density at radius 2 is 1.65 bits per heavy atom. The molecule has 0 radical (unpaired) electrons. The van der Waals surface area contributed by atoms with E-state index in [1.807, 2.05) is 61.5 Å². The van der Waals surface area contributed by atoms with E-state index in [0.29, 0.717) is 13.0 Å². The zero-order valence-corrected chi connectivity index (χ0v) is 13.2. The SMILES string of the molecule is Cc1ccc(NC(=O)CCC(=O)OCCc2ccccc2)cc1. The maximum atomic E-state index is 11.8. The van der Waals surface area contributed by atoms with Crippen LogP contribution in [0.5, 0.6) is 0 Å². The summed E-state index contributed by atoms with van der Waals surface area (Å²) >= 11 is 0. The summed E-state index contributed by atoms with van der Waals surface area (Å²) in [6.45, 7) is 2.32. The van der Waals surface area contributed by atoms with Crippen LogP contribution < -0.4 is 5.32 Å². The Morgan fingerprint density at radius 3 is 2.35 bits per heavy atom. The number of carbonyl (C=O) groups is 2.